The number of para-hydroxylation sites is 2. The van der Waals surface area contributed by atoms with Gasteiger partial charge in [-0.25, -0.2) is 0 Å². The lowest BCUT2D eigenvalue weighted by molar-refractivity contribution is 0.462. The van der Waals surface area contributed by atoms with Crippen LogP contribution in [0, 0.1) is 0 Å². The van der Waals surface area contributed by atoms with Gasteiger partial charge in [-0.1, -0.05) is 102 Å². The standard InChI is InChI=1S/C44H38BNO3/c1-43(2,3)27-15-19-29(20-16-27)46(30-21-17-28(18-22-30)44(4,5)6)31-23-24-32-33-26-39-40-42(41(33)49-38(32)25-31)48-37-14-10-8-12-35(37)45(40)34-11-7-9-13-36(34)47-39/h7-26H,1-6H3. The molecule has 2 aliphatic rings. The van der Waals surface area contributed by atoms with E-state index in [0.29, 0.717) is 0 Å². The van der Waals surface area contributed by atoms with Gasteiger partial charge in [0.1, 0.15) is 22.8 Å². The number of nitrogens with zero attached hydrogens (tertiary/aromatic N) is 1. The number of furan rings is 1. The van der Waals surface area contributed by atoms with Crippen LogP contribution in [-0.2, 0) is 10.8 Å². The third kappa shape index (κ3) is 4.74. The van der Waals surface area contributed by atoms with Crippen LogP contribution in [-0.4, -0.2) is 6.71 Å². The van der Waals surface area contributed by atoms with Crippen molar-refractivity contribution in [2.75, 3.05) is 4.90 Å². The van der Waals surface area contributed by atoms with Gasteiger partial charge >= 0.3 is 0 Å². The highest BCUT2D eigenvalue weighted by Gasteiger charge is 2.41. The highest BCUT2D eigenvalue weighted by atomic mass is 16.5. The highest BCUT2D eigenvalue weighted by molar-refractivity contribution is 6.98. The molecule has 7 aromatic rings. The van der Waals surface area contributed by atoms with E-state index in [2.05, 4.69) is 150 Å². The summed E-state index contributed by atoms with van der Waals surface area (Å²) >= 11 is 0. The van der Waals surface area contributed by atoms with E-state index in [9.17, 15) is 0 Å². The number of hydrogen-bond donors (Lipinski definition) is 0. The van der Waals surface area contributed by atoms with Gasteiger partial charge in [0.25, 0.3) is 6.71 Å². The Bertz CT molecular complexity index is 2340. The zero-order valence-electron chi connectivity index (χ0n) is 28.8. The Morgan fingerprint density at radius 1 is 0.510 bits per heavy atom. The number of fused-ring (bicyclic) bond motifs is 8. The van der Waals surface area contributed by atoms with Gasteiger partial charge in [0.15, 0.2) is 11.3 Å². The summed E-state index contributed by atoms with van der Waals surface area (Å²) in [6.07, 6.45) is 0. The molecule has 240 valence electrons. The Kier molecular flexibility index (Phi) is 6.39. The molecule has 0 saturated carbocycles. The molecule has 0 aliphatic carbocycles. The minimum Gasteiger partial charge on any atom is -0.458 e. The summed E-state index contributed by atoms with van der Waals surface area (Å²) in [5, 5.41) is 1.99. The van der Waals surface area contributed by atoms with E-state index in [1.54, 1.807) is 0 Å². The van der Waals surface area contributed by atoms with Crippen LogP contribution in [0.4, 0.5) is 17.1 Å². The Morgan fingerprint density at radius 2 is 1.04 bits per heavy atom. The van der Waals surface area contributed by atoms with E-state index in [1.807, 2.05) is 18.2 Å². The quantitative estimate of drug-likeness (QED) is 0.180. The summed E-state index contributed by atoms with van der Waals surface area (Å²) in [5.74, 6) is 3.27. The molecular formula is C44H38BNO3. The topological polar surface area (TPSA) is 34.8 Å². The van der Waals surface area contributed by atoms with Gasteiger partial charge in [-0.15, -0.1) is 0 Å². The smallest absolute Gasteiger partial charge is 0.260 e. The molecule has 0 radical (unpaired) electrons. The molecule has 0 amide bonds. The van der Waals surface area contributed by atoms with Gasteiger partial charge in [0, 0.05) is 39.4 Å². The predicted molar refractivity (Wildman–Crippen MR) is 203 cm³/mol. The van der Waals surface area contributed by atoms with Crippen LogP contribution >= 0.6 is 0 Å². The van der Waals surface area contributed by atoms with Crippen molar-refractivity contribution in [2.45, 2.75) is 52.4 Å². The van der Waals surface area contributed by atoms with E-state index in [1.165, 1.54) is 11.1 Å². The second-order valence-electron chi connectivity index (χ2n) is 15.4. The van der Waals surface area contributed by atoms with Gasteiger partial charge in [-0.2, -0.15) is 0 Å². The maximum Gasteiger partial charge on any atom is 0.260 e. The normalized spacial score (nSPS) is 13.4. The Morgan fingerprint density at radius 3 is 1.61 bits per heavy atom. The average Bonchev–Trinajstić information content (AvgIpc) is 3.46. The first kappa shape index (κ1) is 29.7. The molecule has 49 heavy (non-hydrogen) atoms. The lowest BCUT2D eigenvalue weighted by Gasteiger charge is -2.32. The molecule has 4 nitrogen and oxygen atoms in total. The third-order valence-corrected chi connectivity index (χ3v) is 10.1. The molecule has 0 spiro atoms. The first-order chi connectivity index (χ1) is 23.5. The molecule has 1 aromatic heterocycles. The zero-order chi connectivity index (χ0) is 33.7. The molecule has 0 saturated heterocycles. The summed E-state index contributed by atoms with van der Waals surface area (Å²) < 4.78 is 20.1. The molecule has 0 atom stereocenters. The zero-order valence-corrected chi connectivity index (χ0v) is 28.8. The number of ether oxygens (including phenoxy) is 2. The Balaban J connectivity index is 1.22. The summed E-state index contributed by atoms with van der Waals surface area (Å²) in [5.41, 5.74) is 10.8. The minimum absolute atomic E-state index is 0.00398. The van der Waals surface area contributed by atoms with Gasteiger partial charge in [0.05, 0.1) is 0 Å². The SMILES string of the molecule is CC(C)(C)c1ccc(N(c2ccc(C(C)(C)C)cc2)c2ccc3c(c2)oc2c4c5c(cc23)Oc2ccccc2B5c2ccccc2O4)cc1. The maximum atomic E-state index is 6.81. The van der Waals surface area contributed by atoms with Crippen molar-refractivity contribution in [3.63, 3.8) is 0 Å². The first-order valence-corrected chi connectivity index (χ1v) is 17.1. The molecule has 0 N–H and O–H groups in total. The van der Waals surface area contributed by atoms with Crippen LogP contribution in [0.25, 0.3) is 21.9 Å². The fraction of sp³-hybridized carbons (Fsp3) is 0.182. The van der Waals surface area contributed by atoms with Crippen molar-refractivity contribution in [1.29, 1.82) is 0 Å². The highest BCUT2D eigenvalue weighted by Crippen LogP contribution is 2.45. The number of anilines is 3. The van der Waals surface area contributed by atoms with Crippen molar-refractivity contribution in [3.8, 4) is 23.0 Å². The van der Waals surface area contributed by atoms with E-state index >= 15 is 0 Å². The number of benzene rings is 6. The molecular weight excluding hydrogens is 601 g/mol. The van der Waals surface area contributed by atoms with Gasteiger partial charge in [0.2, 0.25) is 0 Å². The fourth-order valence-electron chi connectivity index (χ4n) is 7.46. The lowest BCUT2D eigenvalue weighted by Crippen LogP contribution is -2.57. The molecule has 0 unspecified atom stereocenters. The first-order valence-electron chi connectivity index (χ1n) is 17.1. The van der Waals surface area contributed by atoms with Crippen molar-refractivity contribution in [3.05, 3.63) is 132 Å². The molecule has 0 fully saturated rings. The second-order valence-corrected chi connectivity index (χ2v) is 15.4. The van der Waals surface area contributed by atoms with Crippen LogP contribution in [0.2, 0.25) is 0 Å². The van der Waals surface area contributed by atoms with Crippen molar-refractivity contribution >= 4 is 62.1 Å². The van der Waals surface area contributed by atoms with E-state index in [0.717, 1.165) is 78.4 Å². The summed E-state index contributed by atoms with van der Waals surface area (Å²) in [4.78, 5) is 2.31. The molecule has 6 aromatic carbocycles. The minimum atomic E-state index is -0.00398. The monoisotopic (exact) mass is 639 g/mol. The second kappa shape index (κ2) is 10.5. The molecule has 9 rings (SSSR count). The van der Waals surface area contributed by atoms with Crippen LogP contribution in [0.15, 0.2) is 126 Å². The third-order valence-electron chi connectivity index (χ3n) is 10.1. The largest absolute Gasteiger partial charge is 0.458 e. The number of rotatable bonds is 3. The summed E-state index contributed by atoms with van der Waals surface area (Å²) in [7, 11) is 0. The van der Waals surface area contributed by atoms with Gasteiger partial charge in [-0.05, 0) is 87.5 Å². The van der Waals surface area contributed by atoms with Crippen molar-refractivity contribution in [2.24, 2.45) is 0 Å². The van der Waals surface area contributed by atoms with E-state index in [-0.39, 0.29) is 17.5 Å². The van der Waals surface area contributed by atoms with Gasteiger partial charge < -0.3 is 18.8 Å². The fourth-order valence-corrected chi connectivity index (χ4v) is 7.46. The average molecular weight is 640 g/mol. The van der Waals surface area contributed by atoms with E-state index < -0.39 is 0 Å². The lowest BCUT2D eigenvalue weighted by atomic mass is 9.35. The molecule has 3 heterocycles. The summed E-state index contributed by atoms with van der Waals surface area (Å²) in [6.45, 7) is 13.5. The maximum absolute atomic E-state index is 6.81. The van der Waals surface area contributed by atoms with Gasteiger partial charge in [-0.3, -0.25) is 0 Å². The molecule has 2 aliphatic heterocycles. The van der Waals surface area contributed by atoms with Crippen LogP contribution < -0.4 is 30.8 Å². The summed E-state index contributed by atoms with van der Waals surface area (Å²) in [6, 6.07) is 43.1. The van der Waals surface area contributed by atoms with Crippen molar-refractivity contribution < 1.29 is 13.9 Å². The van der Waals surface area contributed by atoms with Crippen LogP contribution in [0.1, 0.15) is 52.7 Å². The van der Waals surface area contributed by atoms with Crippen molar-refractivity contribution in [1.82, 2.24) is 0 Å². The number of hydrogen-bond acceptors (Lipinski definition) is 4. The van der Waals surface area contributed by atoms with Crippen LogP contribution in [0.5, 0.6) is 23.0 Å². The van der Waals surface area contributed by atoms with Crippen LogP contribution in [0.3, 0.4) is 0 Å². The Labute approximate surface area is 288 Å². The molecule has 0 bridgehead atoms. The Hall–Kier alpha value is -5.42. The molecule has 5 heteroatoms. The van der Waals surface area contributed by atoms with E-state index in [4.69, 9.17) is 13.9 Å². The predicted octanol–water partition coefficient (Wildman–Crippen LogP) is 10.4.